The third-order valence-electron chi connectivity index (χ3n) is 5.70. The van der Waals surface area contributed by atoms with E-state index in [2.05, 4.69) is 61.1 Å². The fourth-order valence-electron chi connectivity index (χ4n) is 3.93. The van der Waals surface area contributed by atoms with Crippen LogP contribution in [0.1, 0.15) is 16.7 Å². The molecule has 1 heterocycles. The van der Waals surface area contributed by atoms with Crippen LogP contribution in [0.3, 0.4) is 0 Å². The zero-order chi connectivity index (χ0) is 25.2. The van der Waals surface area contributed by atoms with Crippen LogP contribution in [0.25, 0.3) is 16.8 Å². The second kappa shape index (κ2) is 11.2. The van der Waals surface area contributed by atoms with Crippen LogP contribution in [0.2, 0.25) is 0 Å². The van der Waals surface area contributed by atoms with Crippen molar-refractivity contribution < 1.29 is 14.3 Å². The highest BCUT2D eigenvalue weighted by atomic mass is 127. The van der Waals surface area contributed by atoms with E-state index in [0.717, 1.165) is 56.6 Å². The van der Waals surface area contributed by atoms with E-state index in [1.807, 2.05) is 78.9 Å². The number of benzene rings is 4. The van der Waals surface area contributed by atoms with E-state index in [1.165, 1.54) is 4.90 Å². The average Bonchev–Trinajstić information content (AvgIpc) is 3.12. The molecule has 0 N–H and O–H groups in total. The summed E-state index contributed by atoms with van der Waals surface area (Å²) in [6.07, 6.45) is 1.79. The number of carbonyl (C=O) groups is 2. The highest BCUT2D eigenvalue weighted by Crippen LogP contribution is 2.36. The van der Waals surface area contributed by atoms with Crippen molar-refractivity contribution >= 4 is 101 Å². The number of carbonyl (C=O) groups excluding carboxylic acids is 2. The van der Waals surface area contributed by atoms with Gasteiger partial charge in [-0.15, -0.1) is 0 Å². The molecule has 1 fully saturated rings. The average molecular weight is 782 g/mol. The lowest BCUT2D eigenvalue weighted by Gasteiger charge is -2.14. The van der Waals surface area contributed by atoms with Crippen LogP contribution in [0, 0.1) is 7.14 Å². The second-order valence-electron chi connectivity index (χ2n) is 8.13. The molecule has 0 aliphatic carbocycles. The number of halogens is 3. The van der Waals surface area contributed by atoms with Crippen molar-refractivity contribution in [1.29, 1.82) is 0 Å². The zero-order valence-electron chi connectivity index (χ0n) is 18.7. The SMILES string of the molecule is O=C1S/C(=C/c2cc(I)c(OCc3ccc(Br)cc3)c(I)c2)C(=O)N1Cc1cccc2ccccc12. The Morgan fingerprint density at radius 1 is 0.917 bits per heavy atom. The quantitative estimate of drug-likeness (QED) is 0.145. The number of amides is 2. The lowest BCUT2D eigenvalue weighted by molar-refractivity contribution is -0.123. The van der Waals surface area contributed by atoms with Gasteiger partial charge in [0.05, 0.1) is 18.6 Å². The molecule has 0 aromatic heterocycles. The highest BCUT2D eigenvalue weighted by Gasteiger charge is 2.35. The first kappa shape index (κ1) is 25.7. The largest absolute Gasteiger partial charge is 0.487 e. The molecule has 4 nitrogen and oxygen atoms in total. The third-order valence-corrected chi connectivity index (χ3v) is 8.74. The van der Waals surface area contributed by atoms with E-state index >= 15 is 0 Å². The molecule has 36 heavy (non-hydrogen) atoms. The monoisotopic (exact) mass is 781 g/mol. The maximum Gasteiger partial charge on any atom is 0.293 e. The molecule has 1 saturated heterocycles. The number of nitrogens with zero attached hydrogens (tertiary/aromatic N) is 1. The summed E-state index contributed by atoms with van der Waals surface area (Å²) in [6, 6.07) is 25.9. The van der Waals surface area contributed by atoms with Crippen molar-refractivity contribution in [2.45, 2.75) is 13.2 Å². The second-order valence-corrected chi connectivity index (χ2v) is 12.4. The van der Waals surface area contributed by atoms with Gasteiger partial charge in [0.15, 0.2) is 0 Å². The summed E-state index contributed by atoms with van der Waals surface area (Å²) in [5, 5.41) is 1.88. The van der Waals surface area contributed by atoms with E-state index in [4.69, 9.17) is 4.74 Å². The van der Waals surface area contributed by atoms with Crippen molar-refractivity contribution in [2.24, 2.45) is 0 Å². The number of fused-ring (bicyclic) bond motifs is 1. The van der Waals surface area contributed by atoms with Crippen molar-refractivity contribution in [3.8, 4) is 5.75 Å². The Morgan fingerprint density at radius 3 is 2.36 bits per heavy atom. The molecule has 1 aliphatic heterocycles. The first-order chi connectivity index (χ1) is 17.4. The van der Waals surface area contributed by atoms with Gasteiger partial charge in [-0.1, -0.05) is 70.5 Å². The van der Waals surface area contributed by atoms with Crippen LogP contribution in [0.4, 0.5) is 4.79 Å². The minimum Gasteiger partial charge on any atom is -0.487 e. The number of rotatable bonds is 6. The van der Waals surface area contributed by atoms with E-state index in [-0.39, 0.29) is 17.7 Å². The molecule has 0 unspecified atom stereocenters. The molecule has 1 aliphatic rings. The lowest BCUT2D eigenvalue weighted by atomic mass is 10.0. The van der Waals surface area contributed by atoms with Crippen LogP contribution in [0.15, 0.2) is 88.2 Å². The van der Waals surface area contributed by atoms with Gasteiger partial charge < -0.3 is 4.74 Å². The van der Waals surface area contributed by atoms with Gasteiger partial charge in [0, 0.05) is 4.47 Å². The Labute approximate surface area is 248 Å². The maximum atomic E-state index is 13.2. The minimum absolute atomic E-state index is 0.251. The first-order valence-electron chi connectivity index (χ1n) is 11.0. The van der Waals surface area contributed by atoms with Crippen LogP contribution in [-0.2, 0) is 17.9 Å². The molecular weight excluding hydrogens is 764 g/mol. The number of thioether (sulfide) groups is 1. The maximum absolute atomic E-state index is 13.2. The van der Waals surface area contributed by atoms with Crippen LogP contribution >= 0.6 is 72.9 Å². The molecule has 2 amide bonds. The molecule has 8 heteroatoms. The van der Waals surface area contributed by atoms with Gasteiger partial charge in [0.25, 0.3) is 11.1 Å². The Hall–Kier alpha value is -1.89. The van der Waals surface area contributed by atoms with Crippen molar-refractivity contribution in [1.82, 2.24) is 4.90 Å². The Bertz CT molecular complexity index is 1490. The van der Waals surface area contributed by atoms with Crippen molar-refractivity contribution in [3.05, 3.63) is 112 Å². The van der Waals surface area contributed by atoms with Crippen LogP contribution < -0.4 is 4.74 Å². The molecular formula is C28H18BrI2NO3S. The molecule has 4 aromatic rings. The molecule has 0 atom stereocenters. The summed E-state index contributed by atoms with van der Waals surface area (Å²) in [5.74, 6) is 0.541. The molecule has 0 spiro atoms. The fraction of sp³-hybridized carbons (Fsp3) is 0.0714. The summed E-state index contributed by atoms with van der Waals surface area (Å²) in [7, 11) is 0. The third kappa shape index (κ3) is 5.66. The lowest BCUT2D eigenvalue weighted by Crippen LogP contribution is -2.27. The van der Waals surface area contributed by atoms with Gasteiger partial charge in [-0.05, 0) is 115 Å². The molecule has 0 bridgehead atoms. The fourth-order valence-corrected chi connectivity index (χ4v) is 7.16. The van der Waals surface area contributed by atoms with Crippen molar-refractivity contribution in [3.63, 3.8) is 0 Å². The smallest absolute Gasteiger partial charge is 0.293 e. The number of hydrogen-bond acceptors (Lipinski definition) is 4. The Kier molecular flexibility index (Phi) is 8.04. The minimum atomic E-state index is -0.265. The summed E-state index contributed by atoms with van der Waals surface area (Å²) >= 11 is 8.93. The summed E-state index contributed by atoms with van der Waals surface area (Å²) < 4.78 is 9.00. The van der Waals surface area contributed by atoms with E-state index in [1.54, 1.807) is 6.08 Å². The molecule has 0 radical (unpaired) electrons. The van der Waals surface area contributed by atoms with Gasteiger partial charge in [-0.3, -0.25) is 14.5 Å². The van der Waals surface area contributed by atoms with E-state index in [0.29, 0.717) is 11.5 Å². The predicted octanol–water partition coefficient (Wildman–Crippen LogP) is 8.63. The number of hydrogen-bond donors (Lipinski definition) is 0. The van der Waals surface area contributed by atoms with Crippen LogP contribution in [-0.4, -0.2) is 16.0 Å². The van der Waals surface area contributed by atoms with E-state index in [9.17, 15) is 9.59 Å². The normalized spacial score (nSPS) is 14.8. The topological polar surface area (TPSA) is 46.6 Å². The molecule has 0 saturated carbocycles. The van der Waals surface area contributed by atoms with Gasteiger partial charge in [-0.25, -0.2) is 0 Å². The van der Waals surface area contributed by atoms with E-state index < -0.39 is 0 Å². The first-order valence-corrected chi connectivity index (χ1v) is 14.7. The number of imide groups is 1. The summed E-state index contributed by atoms with van der Waals surface area (Å²) in [6.45, 7) is 0.715. The zero-order valence-corrected chi connectivity index (χ0v) is 25.4. The summed E-state index contributed by atoms with van der Waals surface area (Å²) in [5.41, 5.74) is 2.89. The summed E-state index contributed by atoms with van der Waals surface area (Å²) in [4.78, 5) is 27.7. The molecule has 5 rings (SSSR count). The van der Waals surface area contributed by atoms with Gasteiger partial charge in [-0.2, -0.15) is 0 Å². The van der Waals surface area contributed by atoms with Gasteiger partial charge in [0.1, 0.15) is 12.4 Å². The Morgan fingerprint density at radius 2 is 1.61 bits per heavy atom. The number of ether oxygens (including phenoxy) is 1. The van der Waals surface area contributed by atoms with Gasteiger partial charge in [0.2, 0.25) is 0 Å². The predicted molar refractivity (Wildman–Crippen MR) is 166 cm³/mol. The molecule has 4 aromatic carbocycles. The van der Waals surface area contributed by atoms with Crippen LogP contribution in [0.5, 0.6) is 5.75 Å². The van der Waals surface area contributed by atoms with Crippen molar-refractivity contribution in [2.75, 3.05) is 0 Å². The Balaban J connectivity index is 1.34. The highest BCUT2D eigenvalue weighted by molar-refractivity contribution is 14.1. The molecule has 180 valence electrons. The van der Waals surface area contributed by atoms with Gasteiger partial charge >= 0.3 is 0 Å². The standard InChI is InChI=1S/C28H18BrI2NO3S/c29-21-10-8-17(9-11-21)16-35-26-23(30)12-18(13-24(26)31)14-25-27(33)32(28(34)36-25)15-20-6-3-5-19-4-1-2-7-22(19)20/h1-14H,15-16H2/b25-14+.